The van der Waals surface area contributed by atoms with Crippen molar-refractivity contribution in [1.29, 1.82) is 0 Å². The van der Waals surface area contributed by atoms with Gasteiger partial charge in [0.25, 0.3) is 0 Å². The first-order valence-electron chi connectivity index (χ1n) is 8.72. The molecular weight excluding hydrogens is 216 g/mol. The Kier molecular flexibility index (Phi) is 3.17. The maximum Gasteiger partial charge on any atom is -0.0380 e. The van der Waals surface area contributed by atoms with Crippen molar-refractivity contribution in [3.63, 3.8) is 0 Å². The lowest BCUT2D eigenvalue weighted by Crippen LogP contribution is -2.41. The predicted octanol–water partition coefficient (Wildman–Crippen LogP) is 5.23. The van der Waals surface area contributed by atoms with E-state index >= 15 is 0 Å². The van der Waals surface area contributed by atoms with Crippen LogP contribution in [0.15, 0.2) is 0 Å². The smallest absolute Gasteiger partial charge is 0.0380 e. The van der Waals surface area contributed by atoms with E-state index in [0.717, 1.165) is 35.5 Å². The Hall–Kier alpha value is 0. The van der Waals surface area contributed by atoms with Gasteiger partial charge in [-0.15, -0.1) is 0 Å². The monoisotopic (exact) mass is 245 g/mol. The molecule has 0 aromatic carbocycles. The van der Waals surface area contributed by atoms with E-state index in [0.29, 0.717) is 0 Å². The van der Waals surface area contributed by atoms with Gasteiger partial charge in [0.2, 0.25) is 0 Å². The van der Waals surface area contributed by atoms with Gasteiger partial charge in [0, 0.05) is 0 Å². The molecule has 4 fully saturated rings. The number of fused-ring (bicyclic) bond motifs is 3. The lowest BCUT2D eigenvalue weighted by molar-refractivity contribution is 0.00208. The Morgan fingerprint density at radius 2 is 1.11 bits per heavy atom. The first kappa shape index (κ1) is 11.8. The lowest BCUT2D eigenvalue weighted by atomic mass is 9.55. The third-order valence-electron chi connectivity index (χ3n) is 7.03. The van der Waals surface area contributed by atoms with E-state index in [4.69, 9.17) is 0 Å². The Labute approximate surface area is 113 Å². The van der Waals surface area contributed by atoms with E-state index in [-0.39, 0.29) is 0 Å². The fraction of sp³-hybridized carbons (Fsp3) is 0.944. The van der Waals surface area contributed by atoms with Gasteiger partial charge >= 0.3 is 0 Å². The van der Waals surface area contributed by atoms with Crippen LogP contribution in [0.25, 0.3) is 0 Å². The second-order valence-corrected chi connectivity index (χ2v) is 7.89. The molecule has 0 spiro atoms. The van der Waals surface area contributed by atoms with Crippen molar-refractivity contribution in [3.05, 3.63) is 6.42 Å². The third-order valence-corrected chi connectivity index (χ3v) is 7.03. The highest BCUT2D eigenvalue weighted by molar-refractivity contribution is 4.96. The normalized spacial score (nSPS) is 52.0. The summed E-state index contributed by atoms with van der Waals surface area (Å²) in [6, 6.07) is 0. The van der Waals surface area contributed by atoms with Gasteiger partial charge in [-0.2, -0.15) is 0 Å². The average molecular weight is 245 g/mol. The van der Waals surface area contributed by atoms with E-state index in [9.17, 15) is 0 Å². The van der Waals surface area contributed by atoms with Crippen LogP contribution in [0.5, 0.6) is 0 Å². The summed E-state index contributed by atoms with van der Waals surface area (Å²) in [4.78, 5) is 0. The zero-order chi connectivity index (χ0) is 11.9. The standard InChI is InChI=1S/C18H29/c1-2-6-14-10-18-12-16-8-4-3-7-15(16)11-17(18)9-13(14)5-1/h1,13-18H,2-12H2. The zero-order valence-corrected chi connectivity index (χ0v) is 11.8. The van der Waals surface area contributed by atoms with E-state index in [1.165, 1.54) is 19.3 Å². The van der Waals surface area contributed by atoms with Crippen LogP contribution in [0.4, 0.5) is 0 Å². The van der Waals surface area contributed by atoms with Gasteiger partial charge in [0.05, 0.1) is 0 Å². The molecule has 0 aliphatic heterocycles. The summed E-state index contributed by atoms with van der Waals surface area (Å²) in [5.41, 5.74) is 0. The molecule has 0 heterocycles. The molecule has 101 valence electrons. The van der Waals surface area contributed by atoms with E-state index in [2.05, 4.69) is 6.42 Å². The van der Waals surface area contributed by atoms with Crippen molar-refractivity contribution in [1.82, 2.24) is 0 Å². The molecule has 1 radical (unpaired) electrons. The molecule has 0 N–H and O–H groups in total. The van der Waals surface area contributed by atoms with Crippen LogP contribution in [-0.2, 0) is 0 Å². The Bertz CT molecular complexity index is 236. The van der Waals surface area contributed by atoms with Crippen LogP contribution < -0.4 is 0 Å². The van der Waals surface area contributed by atoms with Crippen molar-refractivity contribution in [2.75, 3.05) is 0 Å². The molecule has 0 bridgehead atoms. The van der Waals surface area contributed by atoms with Gasteiger partial charge < -0.3 is 0 Å². The minimum atomic E-state index is 1.10. The van der Waals surface area contributed by atoms with Gasteiger partial charge in [-0.25, -0.2) is 0 Å². The first-order chi connectivity index (χ1) is 8.90. The highest BCUT2D eigenvalue weighted by atomic mass is 14.5. The van der Waals surface area contributed by atoms with Crippen molar-refractivity contribution >= 4 is 0 Å². The quantitative estimate of drug-likeness (QED) is 0.548. The molecule has 4 saturated carbocycles. The van der Waals surface area contributed by atoms with Crippen LogP contribution in [0.3, 0.4) is 0 Å². The largest absolute Gasteiger partial charge is 0.0530 e. The molecule has 0 aromatic rings. The van der Waals surface area contributed by atoms with Crippen LogP contribution in [-0.4, -0.2) is 0 Å². The number of rotatable bonds is 0. The Morgan fingerprint density at radius 3 is 1.78 bits per heavy atom. The highest BCUT2D eigenvalue weighted by Crippen LogP contribution is 2.54. The number of hydrogen-bond acceptors (Lipinski definition) is 0. The van der Waals surface area contributed by atoms with Crippen LogP contribution in [0.2, 0.25) is 0 Å². The van der Waals surface area contributed by atoms with Crippen LogP contribution in [0.1, 0.15) is 70.6 Å². The minimum absolute atomic E-state index is 1.10. The third kappa shape index (κ3) is 2.04. The van der Waals surface area contributed by atoms with Gasteiger partial charge in [-0.05, 0) is 86.9 Å². The fourth-order valence-corrected chi connectivity index (χ4v) is 6.11. The molecular formula is C18H29. The molecule has 18 heavy (non-hydrogen) atoms. The van der Waals surface area contributed by atoms with Gasteiger partial charge in [-0.3, -0.25) is 0 Å². The molecule has 4 aliphatic carbocycles. The summed E-state index contributed by atoms with van der Waals surface area (Å²) in [5.74, 6) is 6.79. The summed E-state index contributed by atoms with van der Waals surface area (Å²) in [7, 11) is 0. The Balaban J connectivity index is 1.46. The highest BCUT2D eigenvalue weighted by Gasteiger charge is 2.44. The molecule has 4 rings (SSSR count). The van der Waals surface area contributed by atoms with Gasteiger partial charge in [0.15, 0.2) is 0 Å². The topological polar surface area (TPSA) is 0 Å². The second kappa shape index (κ2) is 4.84. The minimum Gasteiger partial charge on any atom is -0.0530 e. The summed E-state index contributed by atoms with van der Waals surface area (Å²) in [5, 5.41) is 0. The van der Waals surface area contributed by atoms with Crippen molar-refractivity contribution in [2.45, 2.75) is 70.6 Å². The van der Waals surface area contributed by atoms with Crippen molar-refractivity contribution < 1.29 is 0 Å². The number of hydrogen-bond donors (Lipinski definition) is 0. The van der Waals surface area contributed by atoms with Gasteiger partial charge in [0.1, 0.15) is 0 Å². The maximum absolute atomic E-state index is 2.59. The zero-order valence-electron chi connectivity index (χ0n) is 11.8. The summed E-state index contributed by atoms with van der Waals surface area (Å²) < 4.78 is 0. The molecule has 6 atom stereocenters. The Morgan fingerprint density at radius 1 is 0.556 bits per heavy atom. The van der Waals surface area contributed by atoms with Crippen molar-refractivity contribution in [2.24, 2.45) is 35.5 Å². The predicted molar refractivity (Wildman–Crippen MR) is 76.0 cm³/mol. The molecule has 6 unspecified atom stereocenters. The molecule has 4 aliphatic rings. The summed E-state index contributed by atoms with van der Waals surface area (Å²) in [6.07, 6.45) is 19.7. The summed E-state index contributed by atoms with van der Waals surface area (Å²) in [6.45, 7) is 0. The van der Waals surface area contributed by atoms with Crippen LogP contribution in [0, 0.1) is 41.9 Å². The van der Waals surface area contributed by atoms with E-state index in [1.54, 1.807) is 51.4 Å². The first-order valence-corrected chi connectivity index (χ1v) is 8.72. The van der Waals surface area contributed by atoms with E-state index in [1.807, 2.05) is 0 Å². The van der Waals surface area contributed by atoms with Crippen LogP contribution >= 0.6 is 0 Å². The fourth-order valence-electron chi connectivity index (χ4n) is 6.11. The van der Waals surface area contributed by atoms with E-state index < -0.39 is 0 Å². The molecule has 0 aromatic heterocycles. The maximum atomic E-state index is 2.59. The van der Waals surface area contributed by atoms with Gasteiger partial charge in [-0.1, -0.05) is 25.7 Å². The average Bonchev–Trinajstić information content (AvgIpc) is 2.42. The molecule has 0 nitrogen and oxygen atoms in total. The lowest BCUT2D eigenvalue weighted by Gasteiger charge is -2.51. The molecule has 0 heteroatoms. The summed E-state index contributed by atoms with van der Waals surface area (Å²) >= 11 is 0. The SMILES string of the molecule is [CH]1CCC2CC3CC4CCCCC4CC3CC2C1. The van der Waals surface area contributed by atoms with Crippen molar-refractivity contribution in [3.8, 4) is 0 Å². The second-order valence-electron chi connectivity index (χ2n) is 7.89. The molecule has 0 amide bonds. The molecule has 0 saturated heterocycles.